The van der Waals surface area contributed by atoms with Crippen molar-refractivity contribution in [3.05, 3.63) is 35.4 Å². The van der Waals surface area contributed by atoms with Crippen molar-refractivity contribution in [2.75, 3.05) is 6.54 Å². The third kappa shape index (κ3) is 2.34. The molecule has 1 aromatic rings. The van der Waals surface area contributed by atoms with E-state index < -0.39 is 23.6 Å². The van der Waals surface area contributed by atoms with Crippen molar-refractivity contribution in [3.8, 4) is 0 Å². The van der Waals surface area contributed by atoms with Gasteiger partial charge in [-0.2, -0.15) is 0 Å². The molecule has 116 valence electrons. The minimum Gasteiger partial charge on any atom is -0.436 e. The highest BCUT2D eigenvalue weighted by Gasteiger charge is 2.48. The van der Waals surface area contributed by atoms with E-state index in [-0.39, 0.29) is 12.3 Å². The van der Waals surface area contributed by atoms with Gasteiger partial charge in [-0.3, -0.25) is 19.8 Å². The first-order chi connectivity index (χ1) is 10.4. The first-order valence-corrected chi connectivity index (χ1v) is 7.30. The van der Waals surface area contributed by atoms with Gasteiger partial charge in [-0.25, -0.2) is 4.79 Å². The van der Waals surface area contributed by atoms with Crippen LogP contribution < -0.4 is 5.32 Å². The number of hydrogen-bond acceptors (Lipinski definition) is 4. The Morgan fingerprint density at radius 1 is 1.27 bits per heavy atom. The number of aryl methyl sites for hydroxylation is 1. The zero-order valence-corrected chi connectivity index (χ0v) is 12.6. The second-order valence-corrected chi connectivity index (χ2v) is 6.01. The minimum absolute atomic E-state index is 0.237. The largest absolute Gasteiger partial charge is 0.436 e. The molecule has 0 radical (unpaired) electrons. The first-order valence-electron chi connectivity index (χ1n) is 7.30. The number of rotatable bonds is 2. The number of hydrogen-bond donors (Lipinski definition) is 1. The molecular formula is C16H18N2O4. The summed E-state index contributed by atoms with van der Waals surface area (Å²) in [6, 6.07) is 7.07. The maximum Gasteiger partial charge on any atom is 0.411 e. The fraction of sp³-hybridized carbons (Fsp3) is 0.438. The van der Waals surface area contributed by atoms with Gasteiger partial charge in [-0.05, 0) is 31.4 Å². The molecule has 1 aromatic carbocycles. The summed E-state index contributed by atoms with van der Waals surface area (Å²) in [4.78, 5) is 36.9. The highest BCUT2D eigenvalue weighted by atomic mass is 16.6. The number of amides is 3. The first kappa shape index (κ1) is 14.6. The van der Waals surface area contributed by atoms with Gasteiger partial charge in [-0.15, -0.1) is 0 Å². The predicted molar refractivity (Wildman–Crippen MR) is 77.9 cm³/mol. The number of nitrogens with zero attached hydrogens (tertiary/aromatic N) is 1. The second-order valence-electron chi connectivity index (χ2n) is 6.01. The number of nitrogens with one attached hydrogen (secondary N) is 1. The van der Waals surface area contributed by atoms with Crippen LogP contribution in [0.5, 0.6) is 0 Å². The van der Waals surface area contributed by atoms with Crippen LogP contribution in [0.3, 0.4) is 0 Å². The van der Waals surface area contributed by atoms with E-state index in [4.69, 9.17) is 4.74 Å². The third-order valence-corrected chi connectivity index (χ3v) is 4.32. The molecule has 2 aliphatic rings. The normalized spacial score (nSPS) is 28.5. The Kier molecular flexibility index (Phi) is 3.39. The standard InChI is InChI=1S/C16H18N2O4/c1-10-5-3-4-6-11(10)16(2)9-18(15(21)22-16)12-7-8-13(19)17-14(12)20/h3-6,12H,7-9H2,1-2H3,(H,17,19,20)/t12?,16-/m1/s1. The van der Waals surface area contributed by atoms with Crippen LogP contribution in [0.25, 0.3) is 0 Å². The van der Waals surface area contributed by atoms with Crippen molar-refractivity contribution in [2.24, 2.45) is 0 Å². The summed E-state index contributed by atoms with van der Waals surface area (Å²) in [6.07, 6.45) is 0.0606. The van der Waals surface area contributed by atoms with Gasteiger partial charge in [0.2, 0.25) is 11.8 Å². The molecule has 2 fully saturated rings. The number of carbonyl (C=O) groups is 3. The molecule has 0 aliphatic carbocycles. The van der Waals surface area contributed by atoms with Crippen molar-refractivity contribution in [1.29, 1.82) is 0 Å². The Hall–Kier alpha value is -2.37. The van der Waals surface area contributed by atoms with Gasteiger partial charge in [0.25, 0.3) is 0 Å². The Balaban J connectivity index is 1.86. The fourth-order valence-electron chi connectivity index (χ4n) is 3.20. The van der Waals surface area contributed by atoms with E-state index in [0.29, 0.717) is 13.0 Å². The highest BCUT2D eigenvalue weighted by Crippen LogP contribution is 2.36. The van der Waals surface area contributed by atoms with E-state index in [1.807, 2.05) is 38.1 Å². The maximum absolute atomic E-state index is 12.2. The van der Waals surface area contributed by atoms with Gasteiger partial charge < -0.3 is 4.74 Å². The number of benzene rings is 1. The van der Waals surface area contributed by atoms with Crippen LogP contribution >= 0.6 is 0 Å². The van der Waals surface area contributed by atoms with E-state index in [9.17, 15) is 14.4 Å². The topological polar surface area (TPSA) is 75.7 Å². The van der Waals surface area contributed by atoms with Crippen LogP contribution in [0.4, 0.5) is 4.79 Å². The quantitative estimate of drug-likeness (QED) is 0.839. The minimum atomic E-state index is -0.788. The van der Waals surface area contributed by atoms with Crippen molar-refractivity contribution in [1.82, 2.24) is 10.2 Å². The SMILES string of the molecule is Cc1ccccc1[C@@]1(C)CN(C2CCC(=O)NC2=O)C(=O)O1. The lowest BCUT2D eigenvalue weighted by Crippen LogP contribution is -2.53. The van der Waals surface area contributed by atoms with Crippen LogP contribution in [-0.4, -0.2) is 35.4 Å². The van der Waals surface area contributed by atoms with Crippen LogP contribution in [0, 0.1) is 6.92 Å². The molecule has 1 unspecified atom stereocenters. The van der Waals surface area contributed by atoms with Crippen molar-refractivity contribution in [3.63, 3.8) is 0 Å². The molecule has 2 heterocycles. The fourth-order valence-corrected chi connectivity index (χ4v) is 3.20. The van der Waals surface area contributed by atoms with E-state index in [2.05, 4.69) is 5.32 Å². The summed E-state index contributed by atoms with van der Waals surface area (Å²) < 4.78 is 5.58. The van der Waals surface area contributed by atoms with Crippen molar-refractivity contribution in [2.45, 2.75) is 38.3 Å². The van der Waals surface area contributed by atoms with Crippen LogP contribution in [0.2, 0.25) is 0 Å². The molecule has 0 saturated carbocycles. The Morgan fingerprint density at radius 2 is 2.00 bits per heavy atom. The molecule has 3 amide bonds. The Morgan fingerprint density at radius 3 is 2.68 bits per heavy atom. The summed E-state index contributed by atoms with van der Waals surface area (Å²) in [5.74, 6) is -0.724. The van der Waals surface area contributed by atoms with E-state index >= 15 is 0 Å². The smallest absolute Gasteiger partial charge is 0.411 e. The second kappa shape index (κ2) is 5.12. The molecule has 0 bridgehead atoms. The molecule has 2 aliphatic heterocycles. The molecule has 0 spiro atoms. The molecule has 6 nitrogen and oxygen atoms in total. The van der Waals surface area contributed by atoms with Crippen molar-refractivity contribution >= 4 is 17.9 Å². The summed E-state index contributed by atoms with van der Waals surface area (Å²) in [6.45, 7) is 4.10. The maximum atomic E-state index is 12.2. The predicted octanol–water partition coefficient (Wildman–Crippen LogP) is 1.47. The molecule has 22 heavy (non-hydrogen) atoms. The van der Waals surface area contributed by atoms with Gasteiger partial charge >= 0.3 is 6.09 Å². The van der Waals surface area contributed by atoms with Gasteiger partial charge in [-0.1, -0.05) is 24.3 Å². The number of cyclic esters (lactones) is 1. The van der Waals surface area contributed by atoms with E-state index in [1.165, 1.54) is 4.90 Å². The average Bonchev–Trinajstić information content (AvgIpc) is 2.75. The number of piperidine rings is 1. The third-order valence-electron chi connectivity index (χ3n) is 4.32. The van der Waals surface area contributed by atoms with Gasteiger partial charge in [0.15, 0.2) is 5.60 Å². The molecule has 0 aromatic heterocycles. The molecule has 2 saturated heterocycles. The van der Waals surface area contributed by atoms with Crippen molar-refractivity contribution < 1.29 is 19.1 Å². The molecule has 1 N–H and O–H groups in total. The van der Waals surface area contributed by atoms with Crippen LogP contribution in [-0.2, 0) is 19.9 Å². The number of ether oxygens (including phenoxy) is 1. The van der Waals surface area contributed by atoms with Gasteiger partial charge in [0.05, 0.1) is 6.54 Å². The highest BCUT2D eigenvalue weighted by molar-refractivity contribution is 6.01. The number of imide groups is 1. The summed E-state index contributed by atoms with van der Waals surface area (Å²) in [5.41, 5.74) is 1.17. The summed E-state index contributed by atoms with van der Waals surface area (Å²) in [7, 11) is 0. The molecule has 6 heteroatoms. The molecule has 2 atom stereocenters. The number of carbonyl (C=O) groups excluding carboxylic acids is 3. The van der Waals surface area contributed by atoms with Crippen LogP contribution in [0.15, 0.2) is 24.3 Å². The monoisotopic (exact) mass is 302 g/mol. The average molecular weight is 302 g/mol. The van der Waals surface area contributed by atoms with Crippen LogP contribution in [0.1, 0.15) is 30.9 Å². The zero-order chi connectivity index (χ0) is 15.9. The van der Waals surface area contributed by atoms with E-state index in [1.54, 1.807) is 0 Å². The van der Waals surface area contributed by atoms with Gasteiger partial charge in [0.1, 0.15) is 6.04 Å². The Labute approximate surface area is 128 Å². The lowest BCUT2D eigenvalue weighted by atomic mass is 9.91. The lowest BCUT2D eigenvalue weighted by Gasteiger charge is -2.29. The van der Waals surface area contributed by atoms with Gasteiger partial charge in [0, 0.05) is 6.42 Å². The molecule has 3 rings (SSSR count). The summed E-state index contributed by atoms with van der Waals surface area (Å²) >= 11 is 0. The van der Waals surface area contributed by atoms with E-state index in [0.717, 1.165) is 11.1 Å². The zero-order valence-electron chi connectivity index (χ0n) is 12.6. The summed E-state index contributed by atoms with van der Waals surface area (Å²) in [5, 5.41) is 2.28. The molecular weight excluding hydrogens is 284 g/mol. The Bertz CT molecular complexity index is 657. The lowest BCUT2D eigenvalue weighted by molar-refractivity contribution is -0.136.